The summed E-state index contributed by atoms with van der Waals surface area (Å²) in [5, 5.41) is 2.84. The van der Waals surface area contributed by atoms with Gasteiger partial charge in [-0.05, 0) is 67.3 Å². The van der Waals surface area contributed by atoms with E-state index in [1.165, 1.54) is 19.3 Å². The lowest BCUT2D eigenvalue weighted by atomic mass is 10.1. The van der Waals surface area contributed by atoms with Gasteiger partial charge >= 0.3 is 5.97 Å². The fourth-order valence-electron chi connectivity index (χ4n) is 2.78. The van der Waals surface area contributed by atoms with Crippen LogP contribution in [0.4, 0.5) is 5.69 Å². The maximum atomic E-state index is 12.4. The normalized spacial score (nSPS) is 10.7. The van der Waals surface area contributed by atoms with E-state index in [2.05, 4.69) is 26.1 Å². The third-order valence-electron chi connectivity index (χ3n) is 4.69. The number of hydrogen-bond donors (Lipinski definition) is 1. The molecule has 1 amide bonds. The van der Waals surface area contributed by atoms with Crippen molar-refractivity contribution in [2.45, 2.75) is 52.9 Å². The molecule has 5 nitrogen and oxygen atoms in total. The smallest absolute Gasteiger partial charge is 0.338 e. The topological polar surface area (TPSA) is 64.6 Å². The molecule has 30 heavy (non-hydrogen) atoms. The second-order valence-electron chi connectivity index (χ2n) is 7.78. The average Bonchev–Trinajstić information content (AvgIpc) is 2.74. The van der Waals surface area contributed by atoms with Crippen molar-refractivity contribution < 1.29 is 19.1 Å². The van der Waals surface area contributed by atoms with Crippen molar-refractivity contribution in [1.29, 1.82) is 0 Å². The van der Waals surface area contributed by atoms with Crippen LogP contribution in [0.5, 0.6) is 5.75 Å². The number of benzene rings is 2. The molecule has 0 fully saturated rings. The molecule has 2 rings (SSSR count). The van der Waals surface area contributed by atoms with E-state index in [1.54, 1.807) is 36.4 Å². The fourth-order valence-corrected chi connectivity index (χ4v) is 2.78. The molecule has 0 aliphatic rings. The molecule has 0 aromatic heterocycles. The lowest BCUT2D eigenvalue weighted by Crippen LogP contribution is -2.12. The lowest BCUT2D eigenvalue weighted by Gasteiger charge is -2.09. The number of hydrogen-bond acceptors (Lipinski definition) is 4. The SMILES string of the molecule is CCCCCCOc1ccc(C(=O)Nc2ccc(C(=O)OCCC(C)C)cc2)cc1. The molecule has 0 aliphatic carbocycles. The summed E-state index contributed by atoms with van der Waals surface area (Å²) < 4.78 is 11.0. The fraction of sp³-hybridized carbons (Fsp3) is 0.440. The largest absolute Gasteiger partial charge is 0.494 e. The number of rotatable bonds is 12. The summed E-state index contributed by atoms with van der Waals surface area (Å²) in [5.74, 6) is 0.695. The molecule has 162 valence electrons. The van der Waals surface area contributed by atoms with E-state index in [0.717, 1.165) is 18.6 Å². The van der Waals surface area contributed by atoms with E-state index < -0.39 is 0 Å². The van der Waals surface area contributed by atoms with Crippen molar-refractivity contribution in [2.24, 2.45) is 5.92 Å². The first kappa shape index (κ1) is 23.5. The van der Waals surface area contributed by atoms with Crippen LogP contribution < -0.4 is 10.1 Å². The average molecular weight is 412 g/mol. The van der Waals surface area contributed by atoms with E-state index in [0.29, 0.717) is 35.9 Å². The Bertz CT molecular complexity index is 782. The minimum atomic E-state index is -0.348. The quantitative estimate of drug-likeness (QED) is 0.338. The first-order chi connectivity index (χ1) is 14.5. The van der Waals surface area contributed by atoms with Gasteiger partial charge in [-0.2, -0.15) is 0 Å². The molecule has 0 saturated heterocycles. The predicted octanol–water partition coefficient (Wildman–Crippen LogP) is 6.10. The van der Waals surface area contributed by atoms with Gasteiger partial charge in [0.25, 0.3) is 5.91 Å². The molecule has 1 N–H and O–H groups in total. The van der Waals surface area contributed by atoms with Gasteiger partial charge in [0.2, 0.25) is 0 Å². The summed E-state index contributed by atoms with van der Waals surface area (Å²) in [4.78, 5) is 24.5. The van der Waals surface area contributed by atoms with Crippen molar-refractivity contribution in [3.05, 3.63) is 59.7 Å². The van der Waals surface area contributed by atoms with Gasteiger partial charge in [0, 0.05) is 11.3 Å². The van der Waals surface area contributed by atoms with Crippen molar-refractivity contribution in [2.75, 3.05) is 18.5 Å². The standard InChI is InChI=1S/C25H33NO4/c1-4-5-6-7-17-29-23-14-10-20(11-15-23)24(27)26-22-12-8-21(9-13-22)25(28)30-18-16-19(2)3/h8-15,19H,4-7,16-18H2,1-3H3,(H,26,27). The van der Waals surface area contributed by atoms with Crippen LogP contribution >= 0.6 is 0 Å². The number of amides is 1. The van der Waals surface area contributed by atoms with Gasteiger partial charge in [-0.15, -0.1) is 0 Å². The highest BCUT2D eigenvalue weighted by Gasteiger charge is 2.10. The number of esters is 1. The molecule has 0 unspecified atom stereocenters. The number of carbonyl (C=O) groups excluding carboxylic acids is 2. The van der Waals surface area contributed by atoms with E-state index >= 15 is 0 Å². The summed E-state index contributed by atoms with van der Waals surface area (Å²) in [7, 11) is 0. The monoisotopic (exact) mass is 411 g/mol. The highest BCUT2D eigenvalue weighted by atomic mass is 16.5. The Morgan fingerprint density at radius 2 is 1.53 bits per heavy atom. The summed E-state index contributed by atoms with van der Waals surface area (Å²) in [5.41, 5.74) is 1.64. The van der Waals surface area contributed by atoms with Crippen LogP contribution in [0.1, 0.15) is 73.6 Å². The molecule has 0 atom stereocenters. The van der Waals surface area contributed by atoms with Crippen LogP contribution in [0.15, 0.2) is 48.5 Å². The first-order valence-corrected chi connectivity index (χ1v) is 10.8. The highest BCUT2D eigenvalue weighted by Crippen LogP contribution is 2.16. The third kappa shape index (κ3) is 8.27. The molecule has 0 radical (unpaired) electrons. The van der Waals surface area contributed by atoms with Gasteiger partial charge in [0.1, 0.15) is 5.75 Å². The maximum Gasteiger partial charge on any atom is 0.338 e. The molecule has 0 saturated carbocycles. The molecule has 2 aromatic carbocycles. The van der Waals surface area contributed by atoms with Gasteiger partial charge in [0.05, 0.1) is 18.8 Å². The van der Waals surface area contributed by atoms with Crippen LogP contribution in [0.25, 0.3) is 0 Å². The van der Waals surface area contributed by atoms with Gasteiger partial charge < -0.3 is 14.8 Å². The lowest BCUT2D eigenvalue weighted by molar-refractivity contribution is 0.0488. The van der Waals surface area contributed by atoms with E-state index in [4.69, 9.17) is 9.47 Å². The Kier molecular flexibility index (Phi) is 9.92. The van der Waals surface area contributed by atoms with Gasteiger partial charge in [0.15, 0.2) is 0 Å². The van der Waals surface area contributed by atoms with Gasteiger partial charge in [-0.3, -0.25) is 4.79 Å². The summed E-state index contributed by atoms with van der Waals surface area (Å²) in [6, 6.07) is 13.8. The second-order valence-corrected chi connectivity index (χ2v) is 7.78. The first-order valence-electron chi connectivity index (χ1n) is 10.8. The summed E-state index contributed by atoms with van der Waals surface area (Å²) in [6.45, 7) is 7.45. The zero-order chi connectivity index (χ0) is 21.8. The summed E-state index contributed by atoms with van der Waals surface area (Å²) >= 11 is 0. The molecule has 2 aromatic rings. The molecule has 0 heterocycles. The zero-order valence-corrected chi connectivity index (χ0v) is 18.3. The Hall–Kier alpha value is -2.82. The van der Waals surface area contributed by atoms with E-state index in [9.17, 15) is 9.59 Å². The van der Waals surface area contributed by atoms with Crippen molar-refractivity contribution >= 4 is 17.6 Å². The number of carbonyl (C=O) groups is 2. The number of anilines is 1. The Balaban J connectivity index is 1.81. The summed E-state index contributed by atoms with van der Waals surface area (Å²) in [6.07, 6.45) is 5.48. The minimum Gasteiger partial charge on any atom is -0.494 e. The van der Waals surface area contributed by atoms with E-state index in [-0.39, 0.29) is 11.9 Å². The molecular weight excluding hydrogens is 378 g/mol. The molecule has 0 spiro atoms. The number of nitrogens with one attached hydrogen (secondary N) is 1. The van der Waals surface area contributed by atoms with Crippen molar-refractivity contribution in [3.63, 3.8) is 0 Å². The third-order valence-corrected chi connectivity index (χ3v) is 4.69. The van der Waals surface area contributed by atoms with Crippen LogP contribution in [0, 0.1) is 5.92 Å². The van der Waals surface area contributed by atoms with Crippen molar-refractivity contribution in [3.8, 4) is 5.75 Å². The van der Waals surface area contributed by atoms with Crippen LogP contribution in [0.3, 0.4) is 0 Å². The maximum absolute atomic E-state index is 12.4. The molecule has 5 heteroatoms. The highest BCUT2D eigenvalue weighted by molar-refractivity contribution is 6.04. The Morgan fingerprint density at radius 1 is 0.867 bits per heavy atom. The number of unbranched alkanes of at least 4 members (excludes halogenated alkanes) is 3. The Morgan fingerprint density at radius 3 is 2.17 bits per heavy atom. The van der Waals surface area contributed by atoms with Crippen LogP contribution in [-0.2, 0) is 4.74 Å². The number of ether oxygens (including phenoxy) is 2. The zero-order valence-electron chi connectivity index (χ0n) is 18.3. The molecule has 0 aliphatic heterocycles. The predicted molar refractivity (Wildman–Crippen MR) is 120 cm³/mol. The van der Waals surface area contributed by atoms with Crippen molar-refractivity contribution in [1.82, 2.24) is 0 Å². The second kappa shape index (κ2) is 12.7. The Labute approximate surface area is 179 Å². The van der Waals surface area contributed by atoms with Crippen LogP contribution in [-0.4, -0.2) is 25.1 Å². The molecular formula is C25H33NO4. The molecule has 0 bridgehead atoms. The van der Waals surface area contributed by atoms with Crippen LogP contribution in [0.2, 0.25) is 0 Å². The van der Waals surface area contributed by atoms with Gasteiger partial charge in [-0.25, -0.2) is 4.79 Å². The van der Waals surface area contributed by atoms with E-state index in [1.807, 2.05) is 12.1 Å². The van der Waals surface area contributed by atoms with Gasteiger partial charge in [-0.1, -0.05) is 40.0 Å². The minimum absolute atomic E-state index is 0.211.